The molecule has 0 radical (unpaired) electrons. The molecule has 0 aromatic heterocycles. The summed E-state index contributed by atoms with van der Waals surface area (Å²) in [5.74, 6) is 0. The van der Waals surface area contributed by atoms with Crippen molar-refractivity contribution in [3.8, 4) is 0 Å². The molecule has 0 rings (SSSR count). The van der Waals surface area contributed by atoms with Gasteiger partial charge in [0.15, 0.2) is 0 Å². The topological polar surface area (TPSA) is 38.4 Å². The Labute approximate surface area is 107 Å². The molecule has 0 saturated heterocycles. The minimum absolute atomic E-state index is 0.115. The van der Waals surface area contributed by atoms with Gasteiger partial charge in [0.05, 0.1) is 5.70 Å². The smallest absolute Gasteiger partial charge is 0.0635 e. The van der Waals surface area contributed by atoms with Crippen LogP contribution in [0.2, 0.25) is 0 Å². The van der Waals surface area contributed by atoms with Crippen LogP contribution in [0, 0.1) is 5.41 Å². The first kappa shape index (κ1) is 16.0. The summed E-state index contributed by atoms with van der Waals surface area (Å²) in [6.45, 7) is 14.9. The van der Waals surface area contributed by atoms with E-state index in [9.17, 15) is 0 Å². The van der Waals surface area contributed by atoms with E-state index in [4.69, 9.17) is 10.7 Å². The second-order valence-electron chi connectivity index (χ2n) is 5.57. The third-order valence-corrected chi connectivity index (χ3v) is 2.79. The van der Waals surface area contributed by atoms with Crippen molar-refractivity contribution in [2.24, 2.45) is 16.1 Å². The van der Waals surface area contributed by atoms with Crippen LogP contribution in [0.4, 0.5) is 0 Å². The summed E-state index contributed by atoms with van der Waals surface area (Å²) in [6, 6.07) is 0. The monoisotopic (exact) mass is 236 g/mol. The normalized spacial score (nSPS) is 15.9. The summed E-state index contributed by atoms with van der Waals surface area (Å²) >= 11 is 0. The zero-order valence-corrected chi connectivity index (χ0v) is 12.5. The van der Waals surface area contributed by atoms with Gasteiger partial charge in [0.1, 0.15) is 0 Å². The highest BCUT2D eigenvalue weighted by Gasteiger charge is 2.17. The van der Waals surface area contributed by atoms with Crippen molar-refractivity contribution in [1.82, 2.24) is 0 Å². The van der Waals surface area contributed by atoms with Gasteiger partial charge in [-0.15, -0.1) is 0 Å². The van der Waals surface area contributed by atoms with Gasteiger partial charge in [-0.05, 0) is 38.3 Å². The van der Waals surface area contributed by atoms with E-state index in [0.29, 0.717) is 0 Å². The first-order valence-electron chi connectivity index (χ1n) is 6.43. The van der Waals surface area contributed by atoms with E-state index in [0.717, 1.165) is 24.2 Å². The Morgan fingerprint density at radius 2 is 1.65 bits per heavy atom. The van der Waals surface area contributed by atoms with E-state index in [1.54, 1.807) is 0 Å². The summed E-state index contributed by atoms with van der Waals surface area (Å²) in [6.07, 6.45) is 3.95. The highest BCUT2D eigenvalue weighted by molar-refractivity contribution is 5.90. The zero-order valence-electron chi connectivity index (χ0n) is 12.5. The van der Waals surface area contributed by atoms with Crippen molar-refractivity contribution in [3.63, 3.8) is 0 Å². The van der Waals surface area contributed by atoms with Crippen LogP contribution in [-0.4, -0.2) is 5.71 Å². The van der Waals surface area contributed by atoms with Gasteiger partial charge >= 0.3 is 0 Å². The number of aliphatic imine (C=N–C) groups is 1. The molecule has 0 aliphatic rings. The zero-order chi connectivity index (χ0) is 13.6. The largest absolute Gasteiger partial charge is 0.402 e. The summed E-state index contributed by atoms with van der Waals surface area (Å²) in [4.78, 5) is 4.82. The molecule has 2 nitrogen and oxygen atoms in total. The molecule has 0 aliphatic carbocycles. The van der Waals surface area contributed by atoms with Crippen LogP contribution < -0.4 is 5.73 Å². The molecule has 17 heavy (non-hydrogen) atoms. The van der Waals surface area contributed by atoms with E-state index < -0.39 is 0 Å². The molecule has 0 saturated carbocycles. The number of nitrogens with zero attached hydrogens (tertiary/aromatic N) is 1. The van der Waals surface area contributed by atoms with Crippen molar-refractivity contribution in [3.05, 3.63) is 23.0 Å². The fourth-order valence-electron chi connectivity index (χ4n) is 1.57. The van der Waals surface area contributed by atoms with Crippen LogP contribution in [0.5, 0.6) is 0 Å². The third-order valence-electron chi connectivity index (χ3n) is 2.79. The molecule has 0 aromatic carbocycles. The van der Waals surface area contributed by atoms with Crippen molar-refractivity contribution in [1.29, 1.82) is 0 Å². The summed E-state index contributed by atoms with van der Waals surface area (Å²) < 4.78 is 0. The Morgan fingerprint density at radius 1 is 1.12 bits per heavy atom. The lowest BCUT2D eigenvalue weighted by atomic mass is 9.88. The van der Waals surface area contributed by atoms with E-state index in [1.807, 2.05) is 13.0 Å². The highest BCUT2D eigenvalue weighted by atomic mass is 14.8. The van der Waals surface area contributed by atoms with Crippen molar-refractivity contribution < 1.29 is 0 Å². The average molecular weight is 236 g/mol. The predicted octanol–water partition coefficient (Wildman–Crippen LogP) is 4.43. The molecule has 0 aliphatic heterocycles. The molecular formula is C15H28N2. The Hall–Kier alpha value is -1.05. The van der Waals surface area contributed by atoms with Gasteiger partial charge in [-0.3, -0.25) is 4.99 Å². The van der Waals surface area contributed by atoms with Gasteiger partial charge in [0.25, 0.3) is 0 Å². The molecule has 0 spiro atoms. The van der Waals surface area contributed by atoms with E-state index >= 15 is 0 Å². The fourth-order valence-corrected chi connectivity index (χ4v) is 1.57. The average Bonchev–Trinajstić information content (AvgIpc) is 2.20. The maximum absolute atomic E-state index is 5.77. The SMILES string of the molecule is CC\C(=N/C(/C=C(\C)N)=C(\C)CC)C(C)(C)C. The second kappa shape index (κ2) is 6.63. The van der Waals surface area contributed by atoms with Crippen molar-refractivity contribution in [2.45, 2.75) is 61.3 Å². The minimum Gasteiger partial charge on any atom is -0.402 e. The van der Waals surface area contributed by atoms with Gasteiger partial charge in [-0.2, -0.15) is 0 Å². The maximum Gasteiger partial charge on any atom is 0.0635 e. The van der Waals surface area contributed by atoms with Gasteiger partial charge < -0.3 is 5.73 Å². The lowest BCUT2D eigenvalue weighted by Gasteiger charge is -2.21. The maximum atomic E-state index is 5.77. The molecular weight excluding hydrogens is 208 g/mol. The standard InChI is InChI=1S/C15H28N2/c1-8-11(3)13(10-12(4)16)17-14(9-2)15(5,6)7/h10H,8-9,16H2,1-7H3/b12-10+,13-11+,17-14+. The Morgan fingerprint density at radius 3 is 1.94 bits per heavy atom. The van der Waals surface area contributed by atoms with Crippen LogP contribution >= 0.6 is 0 Å². The Kier molecular flexibility index (Phi) is 6.22. The quantitative estimate of drug-likeness (QED) is 0.569. The second-order valence-corrected chi connectivity index (χ2v) is 5.57. The first-order chi connectivity index (χ1) is 7.72. The van der Waals surface area contributed by atoms with Crippen LogP contribution in [0.25, 0.3) is 0 Å². The number of hydrogen-bond acceptors (Lipinski definition) is 2. The summed E-state index contributed by atoms with van der Waals surface area (Å²) in [5, 5.41) is 0. The highest BCUT2D eigenvalue weighted by Crippen LogP contribution is 2.22. The van der Waals surface area contributed by atoms with Gasteiger partial charge in [-0.1, -0.05) is 34.6 Å². The Bertz CT molecular complexity index is 334. The molecule has 0 amide bonds. The van der Waals surface area contributed by atoms with Gasteiger partial charge in [0, 0.05) is 16.8 Å². The van der Waals surface area contributed by atoms with Crippen LogP contribution in [0.3, 0.4) is 0 Å². The van der Waals surface area contributed by atoms with Gasteiger partial charge in [-0.25, -0.2) is 0 Å². The van der Waals surface area contributed by atoms with Gasteiger partial charge in [0.2, 0.25) is 0 Å². The fraction of sp³-hybridized carbons (Fsp3) is 0.667. The molecule has 0 atom stereocenters. The molecule has 2 N–H and O–H groups in total. The van der Waals surface area contributed by atoms with Crippen LogP contribution in [0.1, 0.15) is 61.3 Å². The first-order valence-corrected chi connectivity index (χ1v) is 6.43. The molecule has 0 bridgehead atoms. The number of nitrogens with two attached hydrogens (primary N) is 1. The summed E-state index contributed by atoms with van der Waals surface area (Å²) in [5.41, 5.74) is 10.2. The molecule has 0 heterocycles. The Balaban J connectivity index is 5.52. The molecule has 0 unspecified atom stereocenters. The van der Waals surface area contributed by atoms with E-state index in [1.165, 1.54) is 11.3 Å². The lowest BCUT2D eigenvalue weighted by Crippen LogP contribution is -2.19. The number of hydrogen-bond donors (Lipinski definition) is 1. The molecule has 0 fully saturated rings. The third kappa shape index (κ3) is 5.71. The number of rotatable bonds is 4. The van der Waals surface area contributed by atoms with Crippen LogP contribution in [-0.2, 0) is 0 Å². The minimum atomic E-state index is 0.115. The molecule has 2 heteroatoms. The van der Waals surface area contributed by atoms with E-state index in [2.05, 4.69) is 41.5 Å². The predicted molar refractivity (Wildman–Crippen MR) is 78.1 cm³/mol. The van der Waals surface area contributed by atoms with Crippen molar-refractivity contribution >= 4 is 5.71 Å². The molecule has 98 valence electrons. The van der Waals surface area contributed by atoms with Crippen molar-refractivity contribution in [2.75, 3.05) is 0 Å². The molecule has 0 aromatic rings. The summed E-state index contributed by atoms with van der Waals surface area (Å²) in [7, 11) is 0. The number of allylic oxidation sites excluding steroid dienone is 3. The van der Waals surface area contributed by atoms with E-state index in [-0.39, 0.29) is 5.41 Å². The lowest BCUT2D eigenvalue weighted by molar-refractivity contribution is 0.579. The van der Waals surface area contributed by atoms with Crippen LogP contribution in [0.15, 0.2) is 28.0 Å².